The maximum Gasteiger partial charge on any atom is 0.130 e. The molecule has 0 saturated heterocycles. The van der Waals surface area contributed by atoms with Crippen LogP contribution in [0, 0.1) is 5.92 Å². The number of aliphatic hydroxyl groups is 1. The summed E-state index contributed by atoms with van der Waals surface area (Å²) in [6.07, 6.45) is 5.53. The zero-order chi connectivity index (χ0) is 9.19. The van der Waals surface area contributed by atoms with Crippen molar-refractivity contribution in [3.8, 4) is 0 Å². The van der Waals surface area contributed by atoms with Crippen molar-refractivity contribution in [3.63, 3.8) is 0 Å². The van der Waals surface area contributed by atoms with Crippen molar-refractivity contribution in [2.24, 2.45) is 5.92 Å². The lowest BCUT2D eigenvalue weighted by Crippen LogP contribution is -2.34. The molecule has 0 fully saturated rings. The maximum absolute atomic E-state index is 10.5. The lowest BCUT2D eigenvalue weighted by Gasteiger charge is -2.26. The number of aldehydes is 1. The van der Waals surface area contributed by atoms with Gasteiger partial charge in [0, 0.05) is 0 Å². The van der Waals surface area contributed by atoms with Crippen LogP contribution in [0.15, 0.2) is 24.0 Å². The Morgan fingerprint density at radius 1 is 1.75 bits per heavy atom. The second-order valence-corrected chi connectivity index (χ2v) is 2.99. The Labute approximate surface area is 71.3 Å². The topological polar surface area (TPSA) is 46.5 Å². The average molecular weight is 168 g/mol. The molecule has 0 saturated carbocycles. The Morgan fingerprint density at radius 2 is 2.42 bits per heavy atom. The van der Waals surface area contributed by atoms with Crippen LogP contribution in [0.25, 0.3) is 0 Å². The predicted octanol–water partition coefficient (Wildman–Crippen LogP) is 0.653. The van der Waals surface area contributed by atoms with Gasteiger partial charge in [0.2, 0.25) is 0 Å². The van der Waals surface area contributed by atoms with Gasteiger partial charge in [-0.15, -0.1) is 0 Å². The van der Waals surface area contributed by atoms with E-state index in [0.29, 0.717) is 12.0 Å². The summed E-state index contributed by atoms with van der Waals surface area (Å²) in [4.78, 5) is 10.5. The molecular formula is C9H12O3. The van der Waals surface area contributed by atoms with Gasteiger partial charge in [-0.3, -0.25) is 0 Å². The molecule has 12 heavy (non-hydrogen) atoms. The SMILES string of the molecule is COC1=CC(C=O)C(C)(O)C=C1. The second kappa shape index (κ2) is 3.11. The first-order valence-corrected chi connectivity index (χ1v) is 3.73. The number of carbonyl (C=O) groups is 1. The van der Waals surface area contributed by atoms with E-state index in [0.717, 1.165) is 0 Å². The number of hydrogen-bond acceptors (Lipinski definition) is 3. The molecule has 0 spiro atoms. The van der Waals surface area contributed by atoms with Crippen molar-refractivity contribution in [2.75, 3.05) is 7.11 Å². The fraction of sp³-hybridized carbons (Fsp3) is 0.444. The zero-order valence-corrected chi connectivity index (χ0v) is 7.15. The van der Waals surface area contributed by atoms with Crippen LogP contribution >= 0.6 is 0 Å². The molecule has 0 amide bonds. The molecule has 0 radical (unpaired) electrons. The first kappa shape index (κ1) is 9.00. The van der Waals surface area contributed by atoms with E-state index in [9.17, 15) is 9.90 Å². The molecule has 1 aliphatic carbocycles. The van der Waals surface area contributed by atoms with Crippen LogP contribution in [-0.2, 0) is 9.53 Å². The smallest absolute Gasteiger partial charge is 0.130 e. The first-order chi connectivity index (χ1) is 5.60. The molecule has 0 heterocycles. The van der Waals surface area contributed by atoms with Crippen molar-refractivity contribution in [1.82, 2.24) is 0 Å². The third-order valence-electron chi connectivity index (χ3n) is 1.99. The van der Waals surface area contributed by atoms with Crippen molar-refractivity contribution in [2.45, 2.75) is 12.5 Å². The van der Waals surface area contributed by atoms with E-state index < -0.39 is 11.5 Å². The molecular weight excluding hydrogens is 156 g/mol. The van der Waals surface area contributed by atoms with Crippen molar-refractivity contribution in [1.29, 1.82) is 0 Å². The normalized spacial score (nSPS) is 34.2. The number of allylic oxidation sites excluding steroid dienone is 1. The van der Waals surface area contributed by atoms with Crippen LogP contribution in [0.2, 0.25) is 0 Å². The molecule has 3 heteroatoms. The number of methoxy groups -OCH3 is 1. The van der Waals surface area contributed by atoms with E-state index in [1.165, 1.54) is 7.11 Å². The third kappa shape index (κ3) is 1.56. The minimum absolute atomic E-state index is 0.516. The van der Waals surface area contributed by atoms with Crippen LogP contribution in [0.1, 0.15) is 6.92 Å². The molecule has 3 nitrogen and oxygen atoms in total. The Hall–Kier alpha value is -1.09. The maximum atomic E-state index is 10.5. The van der Waals surface area contributed by atoms with Gasteiger partial charge in [0.1, 0.15) is 12.0 Å². The van der Waals surface area contributed by atoms with E-state index >= 15 is 0 Å². The van der Waals surface area contributed by atoms with Gasteiger partial charge >= 0.3 is 0 Å². The summed E-state index contributed by atoms with van der Waals surface area (Å²) in [5.41, 5.74) is -1.08. The Morgan fingerprint density at radius 3 is 2.92 bits per heavy atom. The van der Waals surface area contributed by atoms with Crippen molar-refractivity contribution >= 4 is 6.29 Å². The van der Waals surface area contributed by atoms with Crippen molar-refractivity contribution < 1.29 is 14.6 Å². The molecule has 0 aliphatic heterocycles. The lowest BCUT2D eigenvalue weighted by atomic mass is 9.86. The van der Waals surface area contributed by atoms with Crippen LogP contribution in [0.5, 0.6) is 0 Å². The minimum Gasteiger partial charge on any atom is -0.497 e. The van der Waals surface area contributed by atoms with Crippen LogP contribution < -0.4 is 0 Å². The average Bonchev–Trinajstić information content (AvgIpc) is 2.04. The summed E-state index contributed by atoms with van der Waals surface area (Å²) < 4.78 is 4.92. The standard InChI is InChI=1S/C9H12O3/c1-9(11)4-3-8(12-2)5-7(9)6-10/h3-7,11H,1-2H3. The Kier molecular flexibility index (Phi) is 2.33. The summed E-state index contributed by atoms with van der Waals surface area (Å²) >= 11 is 0. The number of hydrogen-bond donors (Lipinski definition) is 1. The highest BCUT2D eigenvalue weighted by atomic mass is 16.5. The fourth-order valence-corrected chi connectivity index (χ4v) is 1.08. The monoisotopic (exact) mass is 168 g/mol. The van der Waals surface area contributed by atoms with Gasteiger partial charge in [-0.25, -0.2) is 0 Å². The first-order valence-electron chi connectivity index (χ1n) is 3.73. The number of rotatable bonds is 2. The van der Waals surface area contributed by atoms with E-state index in [1.807, 2.05) is 0 Å². The molecule has 0 aromatic heterocycles. The third-order valence-corrected chi connectivity index (χ3v) is 1.99. The van der Waals surface area contributed by atoms with Gasteiger partial charge in [0.05, 0.1) is 18.6 Å². The summed E-state index contributed by atoms with van der Waals surface area (Å²) in [5.74, 6) is 0.0936. The van der Waals surface area contributed by atoms with Gasteiger partial charge in [-0.2, -0.15) is 0 Å². The second-order valence-electron chi connectivity index (χ2n) is 2.99. The van der Waals surface area contributed by atoms with E-state index in [2.05, 4.69) is 0 Å². The van der Waals surface area contributed by atoms with E-state index in [1.54, 1.807) is 25.2 Å². The number of carbonyl (C=O) groups excluding carboxylic acids is 1. The van der Waals surface area contributed by atoms with Gasteiger partial charge in [0.15, 0.2) is 0 Å². The molecule has 0 aromatic carbocycles. The molecule has 0 aromatic rings. The zero-order valence-electron chi connectivity index (χ0n) is 7.15. The summed E-state index contributed by atoms with van der Waals surface area (Å²) in [5, 5.41) is 9.63. The molecule has 1 aliphatic rings. The summed E-state index contributed by atoms with van der Waals surface area (Å²) in [7, 11) is 1.53. The van der Waals surface area contributed by atoms with E-state index in [-0.39, 0.29) is 0 Å². The van der Waals surface area contributed by atoms with Gasteiger partial charge < -0.3 is 14.6 Å². The highest BCUT2D eigenvalue weighted by Gasteiger charge is 2.30. The predicted molar refractivity (Wildman–Crippen MR) is 44.4 cm³/mol. The number of ether oxygens (including phenoxy) is 1. The Balaban J connectivity index is 2.89. The van der Waals surface area contributed by atoms with Gasteiger partial charge in [0.25, 0.3) is 0 Å². The highest BCUT2D eigenvalue weighted by molar-refractivity contribution is 5.61. The fourth-order valence-electron chi connectivity index (χ4n) is 1.08. The van der Waals surface area contributed by atoms with Gasteiger partial charge in [-0.1, -0.05) is 0 Å². The van der Waals surface area contributed by atoms with E-state index in [4.69, 9.17) is 4.74 Å². The minimum atomic E-state index is -1.08. The van der Waals surface area contributed by atoms with Crippen LogP contribution in [-0.4, -0.2) is 24.1 Å². The molecule has 2 atom stereocenters. The molecule has 66 valence electrons. The van der Waals surface area contributed by atoms with Crippen LogP contribution in [0.3, 0.4) is 0 Å². The quantitative estimate of drug-likeness (QED) is 0.616. The van der Waals surface area contributed by atoms with Crippen LogP contribution in [0.4, 0.5) is 0 Å². The molecule has 2 unspecified atom stereocenters. The van der Waals surface area contributed by atoms with Gasteiger partial charge in [-0.05, 0) is 25.2 Å². The van der Waals surface area contributed by atoms with Crippen molar-refractivity contribution in [3.05, 3.63) is 24.0 Å². The lowest BCUT2D eigenvalue weighted by molar-refractivity contribution is -0.114. The largest absolute Gasteiger partial charge is 0.497 e. The summed E-state index contributed by atoms with van der Waals surface area (Å²) in [6, 6.07) is 0. The molecule has 0 bridgehead atoms. The molecule has 1 N–H and O–H groups in total. The molecule has 1 rings (SSSR count). The highest BCUT2D eigenvalue weighted by Crippen LogP contribution is 2.25. The summed E-state index contributed by atoms with van der Waals surface area (Å²) in [6.45, 7) is 1.59. The Bertz CT molecular complexity index is 238.